The second-order valence-electron chi connectivity index (χ2n) is 5.67. The van der Waals surface area contributed by atoms with E-state index >= 15 is 0 Å². The Morgan fingerprint density at radius 1 is 1.48 bits per heavy atom. The second-order valence-corrected chi connectivity index (χ2v) is 5.67. The molecule has 3 heterocycles. The summed E-state index contributed by atoms with van der Waals surface area (Å²) < 4.78 is 13.1. The maximum atomic E-state index is 12.6. The molecular formula is C16H22N4O3. The van der Waals surface area contributed by atoms with Crippen LogP contribution in [0.25, 0.3) is 0 Å². The fourth-order valence-electron chi connectivity index (χ4n) is 2.65. The van der Waals surface area contributed by atoms with Crippen molar-refractivity contribution in [2.75, 3.05) is 25.1 Å². The van der Waals surface area contributed by atoms with Crippen LogP contribution in [0.15, 0.2) is 22.6 Å². The van der Waals surface area contributed by atoms with Gasteiger partial charge < -0.3 is 14.1 Å². The highest BCUT2D eigenvalue weighted by Gasteiger charge is 2.31. The van der Waals surface area contributed by atoms with Gasteiger partial charge in [0, 0.05) is 31.8 Å². The van der Waals surface area contributed by atoms with Gasteiger partial charge in [-0.3, -0.25) is 10.00 Å². The van der Waals surface area contributed by atoms with Crippen LogP contribution in [-0.4, -0.2) is 40.5 Å². The molecule has 23 heavy (non-hydrogen) atoms. The minimum atomic E-state index is -0.214. The van der Waals surface area contributed by atoms with Crippen molar-refractivity contribution in [3.8, 4) is 0 Å². The van der Waals surface area contributed by atoms with Crippen molar-refractivity contribution < 1.29 is 13.9 Å². The second kappa shape index (κ2) is 6.45. The van der Waals surface area contributed by atoms with Crippen LogP contribution >= 0.6 is 0 Å². The summed E-state index contributed by atoms with van der Waals surface area (Å²) in [5, 5.41) is 7.12. The van der Waals surface area contributed by atoms with Crippen molar-refractivity contribution >= 4 is 11.8 Å². The number of hydrogen-bond donors (Lipinski definition) is 1. The van der Waals surface area contributed by atoms with Gasteiger partial charge in [0.1, 0.15) is 17.6 Å². The van der Waals surface area contributed by atoms with Crippen LogP contribution in [-0.2, 0) is 18.2 Å². The number of aromatic nitrogens is 2. The van der Waals surface area contributed by atoms with E-state index in [9.17, 15) is 4.79 Å². The van der Waals surface area contributed by atoms with Gasteiger partial charge in [0.05, 0.1) is 13.2 Å². The quantitative estimate of drug-likeness (QED) is 0.943. The van der Waals surface area contributed by atoms with E-state index in [-0.39, 0.29) is 12.1 Å². The van der Waals surface area contributed by atoms with Crippen molar-refractivity contribution in [2.45, 2.75) is 26.3 Å². The monoisotopic (exact) mass is 318 g/mol. The third-order valence-corrected chi connectivity index (χ3v) is 4.10. The maximum absolute atomic E-state index is 12.6. The fourth-order valence-corrected chi connectivity index (χ4v) is 2.65. The Bertz CT molecular complexity index is 672. The number of furan rings is 1. The van der Waals surface area contributed by atoms with E-state index in [1.807, 2.05) is 39.1 Å². The lowest BCUT2D eigenvalue weighted by molar-refractivity contribution is 0.00700. The van der Waals surface area contributed by atoms with Crippen LogP contribution in [0, 0.1) is 6.92 Å². The highest BCUT2D eigenvalue weighted by Crippen LogP contribution is 2.27. The lowest BCUT2D eigenvalue weighted by Crippen LogP contribution is -2.45. The maximum Gasteiger partial charge on any atom is 0.323 e. The van der Waals surface area contributed by atoms with Gasteiger partial charge in [-0.15, -0.1) is 0 Å². The number of carbonyl (C=O) groups excluding carboxylic acids is 1. The lowest BCUT2D eigenvalue weighted by Gasteiger charge is -2.34. The molecule has 2 aromatic heterocycles. The predicted octanol–water partition coefficient (Wildman–Crippen LogP) is 2.49. The normalized spacial score (nSPS) is 18.2. The zero-order valence-corrected chi connectivity index (χ0v) is 13.7. The smallest absolute Gasteiger partial charge is 0.323 e. The van der Waals surface area contributed by atoms with Crippen molar-refractivity contribution in [2.24, 2.45) is 7.05 Å². The summed E-state index contributed by atoms with van der Waals surface area (Å²) in [7, 11) is 1.84. The summed E-state index contributed by atoms with van der Waals surface area (Å²) in [5.74, 6) is 2.22. The number of aryl methyl sites for hydroxylation is 3. The fraction of sp³-hybridized carbons (Fsp3) is 0.500. The Morgan fingerprint density at radius 2 is 2.30 bits per heavy atom. The largest absolute Gasteiger partial charge is 0.464 e. The molecule has 0 radical (unpaired) electrons. The Kier molecular flexibility index (Phi) is 4.38. The molecule has 1 fully saturated rings. The van der Waals surface area contributed by atoms with Crippen molar-refractivity contribution in [3.05, 3.63) is 35.4 Å². The third kappa shape index (κ3) is 3.24. The van der Waals surface area contributed by atoms with Crippen LogP contribution in [0.2, 0.25) is 0 Å². The van der Waals surface area contributed by atoms with E-state index < -0.39 is 0 Å². The van der Waals surface area contributed by atoms with Crippen LogP contribution in [0.5, 0.6) is 0 Å². The number of carbonyl (C=O) groups is 1. The van der Waals surface area contributed by atoms with Gasteiger partial charge in [-0.2, -0.15) is 5.10 Å². The van der Waals surface area contributed by atoms with Crippen LogP contribution in [0.4, 0.5) is 10.6 Å². The molecule has 124 valence electrons. The van der Waals surface area contributed by atoms with Gasteiger partial charge in [-0.25, -0.2) is 4.79 Å². The highest BCUT2D eigenvalue weighted by molar-refractivity contribution is 5.88. The van der Waals surface area contributed by atoms with Crippen molar-refractivity contribution in [1.29, 1.82) is 0 Å². The molecule has 7 heteroatoms. The first-order valence-corrected chi connectivity index (χ1v) is 7.83. The summed E-state index contributed by atoms with van der Waals surface area (Å²) in [4.78, 5) is 14.4. The summed E-state index contributed by atoms with van der Waals surface area (Å²) in [6.07, 6.45) is 0.826. The number of ether oxygens (including phenoxy) is 1. The minimum absolute atomic E-state index is 0.189. The summed E-state index contributed by atoms with van der Waals surface area (Å²) in [6, 6.07) is 5.31. The minimum Gasteiger partial charge on any atom is -0.464 e. The molecule has 1 aliphatic rings. The van der Waals surface area contributed by atoms with Gasteiger partial charge in [0.15, 0.2) is 5.82 Å². The molecule has 3 rings (SSSR count). The Balaban J connectivity index is 1.76. The number of nitrogens with one attached hydrogen (secondary N) is 1. The molecule has 0 aliphatic carbocycles. The molecule has 0 aromatic carbocycles. The number of hydrogen-bond acceptors (Lipinski definition) is 4. The number of nitrogens with zero attached hydrogens (tertiary/aromatic N) is 3. The lowest BCUT2D eigenvalue weighted by atomic mass is 10.2. The molecule has 1 atom stereocenters. The number of morpholine rings is 1. The van der Waals surface area contributed by atoms with E-state index in [2.05, 4.69) is 10.4 Å². The van der Waals surface area contributed by atoms with Gasteiger partial charge >= 0.3 is 6.03 Å². The predicted molar refractivity (Wildman–Crippen MR) is 85.3 cm³/mol. The standard InChI is InChI=1S/C16H22N4O3/c1-4-12-5-6-14(23-12)13-10-22-8-7-20(13)16(21)17-15-9-11(2)19(3)18-15/h5-6,9,13H,4,7-8,10H2,1-3H3,(H,17,18,21). The molecular weight excluding hydrogens is 296 g/mol. The van der Waals surface area contributed by atoms with Gasteiger partial charge in [0.25, 0.3) is 0 Å². The molecule has 1 unspecified atom stereocenters. The molecule has 0 bridgehead atoms. The molecule has 1 saturated heterocycles. The van der Waals surface area contributed by atoms with Crippen molar-refractivity contribution in [3.63, 3.8) is 0 Å². The van der Waals surface area contributed by atoms with Gasteiger partial charge in [-0.05, 0) is 19.1 Å². The SMILES string of the molecule is CCc1ccc(C2COCCN2C(=O)Nc2cc(C)n(C)n2)o1. The third-order valence-electron chi connectivity index (χ3n) is 4.10. The highest BCUT2D eigenvalue weighted by atomic mass is 16.5. The van der Waals surface area contributed by atoms with Crippen LogP contribution in [0.1, 0.15) is 30.2 Å². The molecule has 1 N–H and O–H groups in total. The van der Waals surface area contributed by atoms with Gasteiger partial charge in [-0.1, -0.05) is 6.92 Å². The van der Waals surface area contributed by atoms with Gasteiger partial charge in [0.2, 0.25) is 0 Å². The van der Waals surface area contributed by atoms with E-state index in [0.717, 1.165) is 23.6 Å². The van der Waals surface area contributed by atoms with E-state index in [1.165, 1.54) is 0 Å². The average molecular weight is 318 g/mol. The molecule has 7 nitrogen and oxygen atoms in total. The van der Waals surface area contributed by atoms with E-state index in [1.54, 1.807) is 9.58 Å². The number of anilines is 1. The molecule has 0 saturated carbocycles. The zero-order valence-electron chi connectivity index (χ0n) is 13.7. The molecule has 2 aromatic rings. The summed E-state index contributed by atoms with van der Waals surface area (Å²) in [6.45, 7) is 5.45. The summed E-state index contributed by atoms with van der Waals surface area (Å²) in [5.41, 5.74) is 0.984. The van der Waals surface area contributed by atoms with E-state index in [4.69, 9.17) is 9.15 Å². The number of amides is 2. The van der Waals surface area contributed by atoms with Crippen LogP contribution < -0.4 is 5.32 Å². The molecule has 2 amide bonds. The number of urea groups is 1. The molecule has 0 spiro atoms. The first kappa shape index (κ1) is 15.6. The Morgan fingerprint density at radius 3 is 2.96 bits per heavy atom. The Hall–Kier alpha value is -2.28. The van der Waals surface area contributed by atoms with Crippen LogP contribution in [0.3, 0.4) is 0 Å². The first-order valence-electron chi connectivity index (χ1n) is 7.83. The topological polar surface area (TPSA) is 72.5 Å². The zero-order chi connectivity index (χ0) is 16.4. The average Bonchev–Trinajstić information content (AvgIpc) is 3.14. The number of rotatable bonds is 3. The first-order chi connectivity index (χ1) is 11.1. The summed E-state index contributed by atoms with van der Waals surface area (Å²) >= 11 is 0. The van der Waals surface area contributed by atoms with E-state index in [0.29, 0.717) is 25.6 Å². The molecule has 1 aliphatic heterocycles. The van der Waals surface area contributed by atoms with Crippen molar-refractivity contribution in [1.82, 2.24) is 14.7 Å². The Labute approximate surface area is 135 Å².